The van der Waals surface area contributed by atoms with Gasteiger partial charge in [-0.05, 0) is 44.9 Å². The Morgan fingerprint density at radius 2 is 1.94 bits per heavy atom. The lowest BCUT2D eigenvalue weighted by Gasteiger charge is -2.23. The number of aliphatic carboxylic acids is 1. The molecule has 0 radical (unpaired) electrons. The number of ether oxygens (including phenoxy) is 1. The Morgan fingerprint density at radius 1 is 1.21 bits per heavy atom. The molecule has 4 aromatic rings. The lowest BCUT2D eigenvalue weighted by atomic mass is 10.1. The van der Waals surface area contributed by atoms with Crippen molar-refractivity contribution in [2.45, 2.75) is 39.3 Å². The van der Waals surface area contributed by atoms with Crippen LogP contribution in [0.1, 0.15) is 25.0 Å². The van der Waals surface area contributed by atoms with E-state index in [4.69, 9.17) is 4.74 Å². The lowest BCUT2D eigenvalue weighted by Crippen LogP contribution is -2.52. The third-order valence-electron chi connectivity index (χ3n) is 5.78. The summed E-state index contributed by atoms with van der Waals surface area (Å²) in [5.74, 6) is -0.571. The van der Waals surface area contributed by atoms with Crippen LogP contribution in [0.15, 0.2) is 52.3 Å². The van der Waals surface area contributed by atoms with E-state index in [2.05, 4.69) is 5.10 Å². The van der Waals surface area contributed by atoms with Crippen LogP contribution >= 0.6 is 11.3 Å². The average Bonchev–Trinajstić information content (AvgIpc) is 3.41. The first-order valence-electron chi connectivity index (χ1n) is 10.3. The number of carboxylic acid groups (broad SMARTS) is 1. The summed E-state index contributed by atoms with van der Waals surface area (Å²) >= 11 is 1.28. The standard InChI is InChI=1S/C23H24N4O5S/c1-14-17-18(28)27(23(2,3)21(29)30)22(31)25(13-10-15-8-5-6-9-16(15)32-4)20(17)33-19(14)26-12-7-11-24-26/h5-9,11-12H,10,13H2,1-4H3,(H,29,30). The number of para-hydroxylation sites is 1. The van der Waals surface area contributed by atoms with Crippen molar-refractivity contribution in [3.63, 3.8) is 0 Å². The average molecular weight is 469 g/mol. The fraction of sp³-hybridized carbons (Fsp3) is 0.304. The van der Waals surface area contributed by atoms with E-state index >= 15 is 0 Å². The molecule has 4 rings (SSSR count). The predicted molar refractivity (Wildman–Crippen MR) is 126 cm³/mol. The molecule has 0 fully saturated rings. The van der Waals surface area contributed by atoms with E-state index in [0.29, 0.717) is 33.0 Å². The van der Waals surface area contributed by atoms with Gasteiger partial charge in [-0.1, -0.05) is 29.5 Å². The normalized spacial score (nSPS) is 11.8. The van der Waals surface area contributed by atoms with Crippen molar-refractivity contribution in [3.05, 3.63) is 74.7 Å². The van der Waals surface area contributed by atoms with Crippen molar-refractivity contribution in [1.82, 2.24) is 18.9 Å². The number of thiophene rings is 1. The van der Waals surface area contributed by atoms with E-state index in [0.717, 1.165) is 10.1 Å². The van der Waals surface area contributed by atoms with Crippen molar-refractivity contribution in [2.24, 2.45) is 0 Å². The summed E-state index contributed by atoms with van der Waals surface area (Å²) in [6.45, 7) is 4.73. The molecule has 1 N–H and O–H groups in total. The SMILES string of the molecule is COc1ccccc1CCn1c(=O)n(C(C)(C)C(=O)O)c(=O)c2c(C)c(-n3cccn3)sc21. The van der Waals surface area contributed by atoms with Crippen LogP contribution < -0.4 is 16.0 Å². The minimum atomic E-state index is -1.73. The molecule has 0 amide bonds. The van der Waals surface area contributed by atoms with Crippen molar-refractivity contribution in [2.75, 3.05) is 7.11 Å². The molecule has 0 bridgehead atoms. The maximum absolute atomic E-state index is 13.6. The van der Waals surface area contributed by atoms with Gasteiger partial charge in [0, 0.05) is 24.5 Å². The molecule has 0 aliphatic heterocycles. The molecular formula is C23H24N4O5S. The summed E-state index contributed by atoms with van der Waals surface area (Å²) in [5.41, 5.74) is -1.47. The second-order valence-electron chi connectivity index (χ2n) is 8.16. The molecule has 3 heterocycles. The van der Waals surface area contributed by atoms with E-state index in [-0.39, 0.29) is 6.54 Å². The van der Waals surface area contributed by atoms with Crippen LogP contribution in [0.3, 0.4) is 0 Å². The molecule has 1 aromatic carbocycles. The zero-order valence-corrected chi connectivity index (χ0v) is 19.5. The maximum Gasteiger partial charge on any atom is 0.333 e. The van der Waals surface area contributed by atoms with Crippen LogP contribution in [0.2, 0.25) is 0 Å². The number of methoxy groups -OCH3 is 1. The fourth-order valence-corrected chi connectivity index (χ4v) is 5.13. The molecule has 33 heavy (non-hydrogen) atoms. The summed E-state index contributed by atoms with van der Waals surface area (Å²) in [6.07, 6.45) is 3.85. The van der Waals surface area contributed by atoms with Crippen molar-refractivity contribution < 1.29 is 14.6 Å². The summed E-state index contributed by atoms with van der Waals surface area (Å²) in [6, 6.07) is 9.27. The maximum atomic E-state index is 13.6. The molecule has 0 aliphatic carbocycles. The van der Waals surface area contributed by atoms with Crippen molar-refractivity contribution >= 4 is 27.5 Å². The molecule has 10 heteroatoms. The van der Waals surface area contributed by atoms with E-state index < -0.39 is 22.8 Å². The largest absolute Gasteiger partial charge is 0.496 e. The Bertz CT molecular complexity index is 1460. The molecule has 3 aromatic heterocycles. The highest BCUT2D eigenvalue weighted by atomic mass is 32.1. The topological polar surface area (TPSA) is 108 Å². The van der Waals surface area contributed by atoms with Crippen molar-refractivity contribution in [1.29, 1.82) is 0 Å². The van der Waals surface area contributed by atoms with Gasteiger partial charge in [-0.3, -0.25) is 9.36 Å². The first kappa shape index (κ1) is 22.5. The van der Waals surface area contributed by atoms with Gasteiger partial charge < -0.3 is 9.84 Å². The number of rotatable bonds is 7. The van der Waals surface area contributed by atoms with E-state index in [9.17, 15) is 19.5 Å². The second-order valence-corrected chi connectivity index (χ2v) is 9.14. The number of aromatic nitrogens is 4. The van der Waals surface area contributed by atoms with Gasteiger partial charge in [-0.15, -0.1) is 0 Å². The first-order chi connectivity index (χ1) is 15.7. The van der Waals surface area contributed by atoms with Crippen LogP contribution in [0.25, 0.3) is 15.2 Å². The molecule has 0 unspecified atom stereocenters. The number of fused-ring (bicyclic) bond motifs is 1. The molecule has 0 atom stereocenters. The number of carboxylic acids is 1. The quantitative estimate of drug-likeness (QED) is 0.447. The Balaban J connectivity index is 1.99. The summed E-state index contributed by atoms with van der Waals surface area (Å²) in [4.78, 5) is 39.5. The smallest absolute Gasteiger partial charge is 0.333 e. The lowest BCUT2D eigenvalue weighted by molar-refractivity contribution is -0.146. The van der Waals surface area contributed by atoms with Gasteiger partial charge in [-0.25, -0.2) is 18.8 Å². The van der Waals surface area contributed by atoms with E-state index in [1.54, 1.807) is 37.2 Å². The number of carbonyl (C=O) groups is 1. The van der Waals surface area contributed by atoms with Crippen molar-refractivity contribution in [3.8, 4) is 10.8 Å². The number of aryl methyl sites for hydroxylation is 3. The van der Waals surface area contributed by atoms with Gasteiger partial charge in [-0.2, -0.15) is 5.10 Å². The van der Waals surface area contributed by atoms with Crippen LogP contribution in [-0.2, 0) is 23.3 Å². The van der Waals surface area contributed by atoms with Gasteiger partial charge in [0.1, 0.15) is 21.1 Å². The molecule has 0 aliphatic rings. The van der Waals surface area contributed by atoms with Gasteiger partial charge in [0.15, 0.2) is 0 Å². The first-order valence-corrected chi connectivity index (χ1v) is 11.1. The summed E-state index contributed by atoms with van der Waals surface area (Å²) in [7, 11) is 1.58. The Hall–Kier alpha value is -3.66. The molecule has 0 saturated carbocycles. The van der Waals surface area contributed by atoms with E-state index in [1.165, 1.54) is 29.8 Å². The Labute approximate surface area is 193 Å². The zero-order chi connectivity index (χ0) is 23.9. The van der Waals surface area contributed by atoms with Crippen LogP contribution in [0, 0.1) is 6.92 Å². The third-order valence-corrected chi connectivity index (χ3v) is 7.08. The number of hydrogen-bond acceptors (Lipinski definition) is 6. The highest BCUT2D eigenvalue weighted by Gasteiger charge is 2.35. The van der Waals surface area contributed by atoms with Gasteiger partial charge in [0.25, 0.3) is 5.56 Å². The summed E-state index contributed by atoms with van der Waals surface area (Å²) in [5, 5.41) is 15.0. The molecule has 9 nitrogen and oxygen atoms in total. The molecule has 0 saturated heterocycles. The van der Waals surface area contributed by atoms with E-state index in [1.807, 2.05) is 24.3 Å². The number of benzene rings is 1. The minimum Gasteiger partial charge on any atom is -0.496 e. The number of hydrogen-bond donors (Lipinski definition) is 1. The van der Waals surface area contributed by atoms with Crippen LogP contribution in [-0.4, -0.2) is 37.1 Å². The van der Waals surface area contributed by atoms with Gasteiger partial charge in [0.05, 0.1) is 12.5 Å². The van der Waals surface area contributed by atoms with Gasteiger partial charge >= 0.3 is 11.7 Å². The Morgan fingerprint density at radius 3 is 2.58 bits per heavy atom. The fourth-order valence-electron chi connectivity index (χ4n) is 3.87. The monoisotopic (exact) mass is 468 g/mol. The second kappa shape index (κ2) is 8.36. The minimum absolute atomic E-state index is 0.240. The van der Waals surface area contributed by atoms with Crippen LogP contribution in [0.4, 0.5) is 0 Å². The number of nitrogens with zero attached hydrogens (tertiary/aromatic N) is 4. The Kier molecular flexibility index (Phi) is 5.71. The zero-order valence-electron chi connectivity index (χ0n) is 18.7. The highest BCUT2D eigenvalue weighted by molar-refractivity contribution is 7.21. The third kappa shape index (κ3) is 3.66. The molecule has 172 valence electrons. The summed E-state index contributed by atoms with van der Waals surface area (Å²) < 4.78 is 9.39. The molecule has 0 spiro atoms. The molecular weight excluding hydrogens is 444 g/mol. The van der Waals surface area contributed by atoms with Crippen LogP contribution in [0.5, 0.6) is 5.75 Å². The predicted octanol–water partition coefficient (Wildman–Crippen LogP) is 2.79. The van der Waals surface area contributed by atoms with Gasteiger partial charge in [0.2, 0.25) is 0 Å². The highest BCUT2D eigenvalue weighted by Crippen LogP contribution is 2.31.